The first-order valence-corrected chi connectivity index (χ1v) is 5.92. The minimum Gasteiger partial charge on any atom is -0.506 e. The van der Waals surface area contributed by atoms with Crippen LogP contribution < -0.4 is 10.5 Å². The molecule has 1 aromatic carbocycles. The second kappa shape index (κ2) is 5.48. The summed E-state index contributed by atoms with van der Waals surface area (Å²) in [7, 11) is 3.33. The smallest absolute Gasteiger partial charge is 0.254 e. The fourth-order valence-corrected chi connectivity index (χ4v) is 1.56. The van der Waals surface area contributed by atoms with Gasteiger partial charge in [-0.15, -0.1) is 0 Å². The number of hydrogen-bond acceptors (Lipinski definition) is 5. The van der Waals surface area contributed by atoms with Crippen LogP contribution >= 0.6 is 0 Å². The van der Waals surface area contributed by atoms with Crippen LogP contribution in [-0.4, -0.2) is 35.0 Å². The molecule has 2 aromatic rings. The standard InChI is InChI=1S/C14H15N3O3/c1-17(2)14(19)9-6-7-12(16-8-9)20-11-5-3-4-10(18)13(11)15/h3-8,18H,15H2,1-2H3. The number of nitrogens with two attached hydrogens (primary N) is 1. The van der Waals surface area contributed by atoms with E-state index < -0.39 is 0 Å². The van der Waals surface area contributed by atoms with Gasteiger partial charge in [-0.25, -0.2) is 4.98 Å². The van der Waals surface area contributed by atoms with Gasteiger partial charge in [-0.3, -0.25) is 4.79 Å². The van der Waals surface area contributed by atoms with E-state index in [0.717, 1.165) is 0 Å². The van der Waals surface area contributed by atoms with Gasteiger partial charge in [0.15, 0.2) is 5.75 Å². The van der Waals surface area contributed by atoms with E-state index in [1.165, 1.54) is 17.2 Å². The Morgan fingerprint density at radius 2 is 2.05 bits per heavy atom. The molecule has 1 aromatic heterocycles. The van der Waals surface area contributed by atoms with E-state index in [-0.39, 0.29) is 23.2 Å². The molecule has 20 heavy (non-hydrogen) atoms. The number of para-hydroxylation sites is 1. The topological polar surface area (TPSA) is 88.7 Å². The Hall–Kier alpha value is -2.76. The van der Waals surface area contributed by atoms with Crippen LogP contribution in [0.1, 0.15) is 10.4 Å². The number of pyridine rings is 1. The summed E-state index contributed by atoms with van der Waals surface area (Å²) in [6, 6.07) is 7.89. The number of carbonyl (C=O) groups is 1. The number of nitrogens with zero attached hydrogens (tertiary/aromatic N) is 2. The Kier molecular flexibility index (Phi) is 3.74. The second-order valence-corrected chi connectivity index (χ2v) is 4.38. The number of hydrogen-bond donors (Lipinski definition) is 2. The molecule has 0 aliphatic heterocycles. The minimum atomic E-state index is -0.138. The average Bonchev–Trinajstić information content (AvgIpc) is 2.44. The Bertz CT molecular complexity index is 624. The predicted molar refractivity (Wildman–Crippen MR) is 74.8 cm³/mol. The van der Waals surface area contributed by atoms with E-state index in [1.54, 1.807) is 38.4 Å². The first-order valence-electron chi connectivity index (χ1n) is 5.92. The molecule has 6 nitrogen and oxygen atoms in total. The van der Waals surface area contributed by atoms with Gasteiger partial charge in [-0.1, -0.05) is 6.07 Å². The van der Waals surface area contributed by atoms with Crippen molar-refractivity contribution in [1.29, 1.82) is 0 Å². The molecule has 0 radical (unpaired) electrons. The third-order valence-corrected chi connectivity index (χ3v) is 2.65. The molecular weight excluding hydrogens is 258 g/mol. The highest BCUT2D eigenvalue weighted by atomic mass is 16.5. The monoisotopic (exact) mass is 273 g/mol. The first kappa shape index (κ1) is 13.7. The molecular formula is C14H15N3O3. The van der Waals surface area contributed by atoms with E-state index in [4.69, 9.17) is 10.5 Å². The third kappa shape index (κ3) is 2.80. The van der Waals surface area contributed by atoms with E-state index in [9.17, 15) is 9.90 Å². The fourth-order valence-electron chi connectivity index (χ4n) is 1.56. The van der Waals surface area contributed by atoms with Gasteiger partial charge in [-0.05, 0) is 18.2 Å². The van der Waals surface area contributed by atoms with E-state index in [2.05, 4.69) is 4.98 Å². The average molecular weight is 273 g/mol. The lowest BCUT2D eigenvalue weighted by Gasteiger charge is -2.11. The molecule has 0 aliphatic rings. The molecule has 0 atom stereocenters. The molecule has 2 rings (SSSR count). The van der Waals surface area contributed by atoms with Crippen LogP contribution in [0.25, 0.3) is 0 Å². The van der Waals surface area contributed by atoms with Crippen molar-refractivity contribution in [2.75, 3.05) is 19.8 Å². The summed E-state index contributed by atoms with van der Waals surface area (Å²) in [5.74, 6) is 0.407. The van der Waals surface area contributed by atoms with E-state index in [1.807, 2.05) is 0 Å². The molecule has 0 bridgehead atoms. The van der Waals surface area contributed by atoms with Gasteiger partial charge in [-0.2, -0.15) is 0 Å². The maximum absolute atomic E-state index is 11.7. The van der Waals surface area contributed by atoms with Crippen LogP contribution in [-0.2, 0) is 0 Å². The van der Waals surface area contributed by atoms with Crippen LogP contribution in [0.4, 0.5) is 5.69 Å². The zero-order valence-electron chi connectivity index (χ0n) is 11.2. The van der Waals surface area contributed by atoms with Gasteiger partial charge in [0, 0.05) is 26.4 Å². The Morgan fingerprint density at radius 3 is 2.65 bits per heavy atom. The normalized spacial score (nSPS) is 10.1. The number of carbonyl (C=O) groups excluding carboxylic acids is 1. The molecule has 0 aliphatic carbocycles. The maximum Gasteiger partial charge on any atom is 0.254 e. The first-order chi connectivity index (χ1) is 9.49. The molecule has 104 valence electrons. The lowest BCUT2D eigenvalue weighted by atomic mass is 10.2. The number of aromatic nitrogens is 1. The molecule has 1 heterocycles. The predicted octanol–water partition coefficient (Wildman–Crippen LogP) is 1.86. The molecule has 3 N–H and O–H groups in total. The number of ether oxygens (including phenoxy) is 1. The minimum absolute atomic E-state index is 0.0538. The van der Waals surface area contributed by atoms with Crippen molar-refractivity contribution >= 4 is 11.6 Å². The van der Waals surface area contributed by atoms with Gasteiger partial charge in [0.05, 0.1) is 5.56 Å². The highest BCUT2D eigenvalue weighted by Gasteiger charge is 2.10. The number of phenolic OH excluding ortho intramolecular Hbond substituents is 1. The second-order valence-electron chi connectivity index (χ2n) is 4.38. The molecule has 0 saturated heterocycles. The van der Waals surface area contributed by atoms with Gasteiger partial charge in [0.2, 0.25) is 5.88 Å². The lowest BCUT2D eigenvalue weighted by molar-refractivity contribution is 0.0827. The van der Waals surface area contributed by atoms with Crippen molar-refractivity contribution in [2.45, 2.75) is 0 Å². The highest BCUT2D eigenvalue weighted by molar-refractivity contribution is 5.93. The largest absolute Gasteiger partial charge is 0.506 e. The van der Waals surface area contributed by atoms with Gasteiger partial charge in [0.25, 0.3) is 5.91 Å². The molecule has 0 fully saturated rings. The zero-order chi connectivity index (χ0) is 14.7. The lowest BCUT2D eigenvalue weighted by Crippen LogP contribution is -2.21. The third-order valence-electron chi connectivity index (χ3n) is 2.65. The van der Waals surface area contributed by atoms with Crippen molar-refractivity contribution in [3.8, 4) is 17.4 Å². The quantitative estimate of drug-likeness (QED) is 0.658. The number of benzene rings is 1. The SMILES string of the molecule is CN(C)C(=O)c1ccc(Oc2cccc(O)c2N)nc1. The van der Waals surface area contributed by atoms with Crippen LogP contribution in [0.15, 0.2) is 36.5 Å². The Labute approximate surface area is 116 Å². The van der Waals surface area contributed by atoms with Crippen LogP contribution in [0.5, 0.6) is 17.4 Å². The van der Waals surface area contributed by atoms with Crippen LogP contribution in [0.2, 0.25) is 0 Å². The molecule has 6 heteroatoms. The summed E-state index contributed by atoms with van der Waals surface area (Å²) in [5, 5.41) is 9.48. The summed E-state index contributed by atoms with van der Waals surface area (Å²) in [4.78, 5) is 17.2. The van der Waals surface area contributed by atoms with Crippen molar-refractivity contribution in [3.05, 3.63) is 42.1 Å². The molecule has 0 spiro atoms. The highest BCUT2D eigenvalue weighted by Crippen LogP contribution is 2.32. The maximum atomic E-state index is 11.7. The summed E-state index contributed by atoms with van der Waals surface area (Å²) >= 11 is 0. The Morgan fingerprint density at radius 1 is 1.30 bits per heavy atom. The van der Waals surface area contributed by atoms with Gasteiger partial charge >= 0.3 is 0 Å². The van der Waals surface area contributed by atoms with Crippen molar-refractivity contribution in [2.24, 2.45) is 0 Å². The van der Waals surface area contributed by atoms with Crippen LogP contribution in [0, 0.1) is 0 Å². The summed E-state index contributed by atoms with van der Waals surface area (Å²) in [6.45, 7) is 0. The van der Waals surface area contributed by atoms with Crippen molar-refractivity contribution < 1.29 is 14.6 Å². The van der Waals surface area contributed by atoms with E-state index in [0.29, 0.717) is 11.3 Å². The summed E-state index contributed by atoms with van der Waals surface area (Å²) in [5.41, 5.74) is 6.29. The number of aromatic hydroxyl groups is 1. The molecule has 1 amide bonds. The fraction of sp³-hybridized carbons (Fsp3) is 0.143. The van der Waals surface area contributed by atoms with Gasteiger partial charge in [0.1, 0.15) is 11.4 Å². The Balaban J connectivity index is 2.19. The number of anilines is 1. The van der Waals surface area contributed by atoms with Crippen molar-refractivity contribution in [1.82, 2.24) is 9.88 Å². The van der Waals surface area contributed by atoms with E-state index >= 15 is 0 Å². The molecule has 0 unspecified atom stereocenters. The number of nitrogen functional groups attached to an aromatic ring is 1. The summed E-state index contributed by atoms with van der Waals surface area (Å²) < 4.78 is 5.46. The number of amides is 1. The summed E-state index contributed by atoms with van der Waals surface area (Å²) in [6.07, 6.45) is 1.43. The van der Waals surface area contributed by atoms with Gasteiger partial charge < -0.3 is 20.5 Å². The van der Waals surface area contributed by atoms with Crippen molar-refractivity contribution in [3.63, 3.8) is 0 Å². The van der Waals surface area contributed by atoms with Crippen LogP contribution in [0.3, 0.4) is 0 Å². The molecule has 0 saturated carbocycles. The zero-order valence-corrected chi connectivity index (χ0v) is 11.2. The number of rotatable bonds is 3. The number of phenols is 1.